The summed E-state index contributed by atoms with van der Waals surface area (Å²) >= 11 is 0. The predicted octanol–water partition coefficient (Wildman–Crippen LogP) is 7.48. The molecule has 0 heterocycles. The zero-order chi connectivity index (χ0) is 26.5. The Labute approximate surface area is 223 Å². The fraction of sp³-hybridized carbons (Fsp3) is 0.143. The van der Waals surface area contributed by atoms with Gasteiger partial charge in [0.25, 0.3) is 0 Å². The predicted molar refractivity (Wildman–Crippen MR) is 149 cm³/mol. The first-order valence-electron chi connectivity index (χ1n) is 12.2. The van der Waals surface area contributed by atoms with Crippen LogP contribution in [0.4, 0.5) is 0 Å². The van der Waals surface area contributed by atoms with E-state index in [4.69, 9.17) is 18.1 Å². The molecule has 0 spiro atoms. The Morgan fingerprint density at radius 2 is 0.658 bits per heavy atom. The van der Waals surface area contributed by atoms with Crippen molar-refractivity contribution in [2.24, 2.45) is 0 Å². The molecule has 0 aliphatic heterocycles. The molecule has 0 fully saturated rings. The van der Waals surface area contributed by atoms with Crippen LogP contribution in [0.3, 0.4) is 0 Å². The molecular weight excluding hydrogens is 522 g/mol. The van der Waals surface area contributed by atoms with Crippen LogP contribution in [-0.2, 0) is 9.13 Å². The Bertz CT molecular complexity index is 1130. The first-order valence-corrected chi connectivity index (χ1v) is 15.3. The average molecular weight is 553 g/mol. The SMILES string of the molecule is O=P(NCCCCNP(=O)(Oc1ccccc1)Oc1ccccc1)(Oc1ccccc1)Oc1ccccc1. The van der Waals surface area contributed by atoms with Crippen molar-refractivity contribution in [3.8, 4) is 23.0 Å². The molecular formula is C28H30N2O6P2. The maximum Gasteiger partial charge on any atom is 0.512 e. The smallest absolute Gasteiger partial charge is 0.405 e. The molecule has 10 heteroatoms. The van der Waals surface area contributed by atoms with Gasteiger partial charge in [-0.3, -0.25) is 0 Å². The molecule has 198 valence electrons. The lowest BCUT2D eigenvalue weighted by atomic mass is 10.3. The third kappa shape index (κ3) is 9.09. The minimum Gasteiger partial charge on any atom is -0.405 e. The van der Waals surface area contributed by atoms with Crippen LogP contribution >= 0.6 is 15.5 Å². The topological polar surface area (TPSA) is 95.1 Å². The number of hydrogen-bond donors (Lipinski definition) is 2. The fourth-order valence-electron chi connectivity index (χ4n) is 3.33. The Kier molecular flexibility index (Phi) is 10.0. The van der Waals surface area contributed by atoms with E-state index >= 15 is 0 Å². The van der Waals surface area contributed by atoms with E-state index < -0.39 is 15.5 Å². The van der Waals surface area contributed by atoms with Crippen molar-refractivity contribution in [1.29, 1.82) is 0 Å². The minimum atomic E-state index is -3.71. The van der Waals surface area contributed by atoms with E-state index in [1.807, 2.05) is 24.3 Å². The van der Waals surface area contributed by atoms with Crippen molar-refractivity contribution in [1.82, 2.24) is 10.2 Å². The molecule has 0 aliphatic carbocycles. The van der Waals surface area contributed by atoms with Crippen molar-refractivity contribution >= 4 is 15.5 Å². The van der Waals surface area contributed by atoms with E-state index in [-0.39, 0.29) is 0 Å². The molecule has 0 bridgehead atoms. The summed E-state index contributed by atoms with van der Waals surface area (Å²) in [5.41, 5.74) is 0. The lowest BCUT2D eigenvalue weighted by molar-refractivity contribution is 0.365. The van der Waals surface area contributed by atoms with Gasteiger partial charge in [0.05, 0.1) is 0 Å². The molecule has 0 aliphatic rings. The van der Waals surface area contributed by atoms with Crippen molar-refractivity contribution in [3.05, 3.63) is 121 Å². The van der Waals surface area contributed by atoms with Gasteiger partial charge < -0.3 is 18.1 Å². The van der Waals surface area contributed by atoms with E-state index in [9.17, 15) is 9.13 Å². The molecule has 0 unspecified atom stereocenters. The number of hydrogen-bond acceptors (Lipinski definition) is 6. The fourth-order valence-corrected chi connectivity index (χ4v) is 6.12. The lowest BCUT2D eigenvalue weighted by Gasteiger charge is -2.21. The second-order valence-electron chi connectivity index (χ2n) is 8.14. The highest BCUT2D eigenvalue weighted by Gasteiger charge is 2.29. The molecule has 0 aromatic heterocycles. The summed E-state index contributed by atoms with van der Waals surface area (Å²) in [7, 11) is -7.42. The highest BCUT2D eigenvalue weighted by Crippen LogP contribution is 2.45. The van der Waals surface area contributed by atoms with Gasteiger partial charge in [-0.1, -0.05) is 72.8 Å². The maximum absolute atomic E-state index is 13.5. The standard InChI is InChI=1S/C28H30N2O6P2/c31-37(33-25-15-5-1-6-16-25,34-26-17-7-2-8-18-26)29-23-13-14-24-30-38(32,35-27-19-9-3-10-20-27)36-28-21-11-4-12-22-28/h1-12,15-22H,13-14,23-24H2,(H,29,31)(H,30,32). The quantitative estimate of drug-likeness (QED) is 0.116. The number of nitrogens with one attached hydrogen (secondary N) is 2. The second-order valence-corrected chi connectivity index (χ2v) is 11.5. The van der Waals surface area contributed by atoms with Crippen LogP contribution in [0.15, 0.2) is 121 Å². The molecule has 38 heavy (non-hydrogen) atoms. The number of benzene rings is 4. The van der Waals surface area contributed by atoms with Crippen LogP contribution in [0.25, 0.3) is 0 Å². The monoisotopic (exact) mass is 552 g/mol. The summed E-state index contributed by atoms with van der Waals surface area (Å²) in [6, 6.07) is 35.4. The van der Waals surface area contributed by atoms with E-state index in [1.54, 1.807) is 97.1 Å². The summed E-state index contributed by atoms with van der Waals surface area (Å²) in [4.78, 5) is 0. The first-order chi connectivity index (χ1) is 18.5. The summed E-state index contributed by atoms with van der Waals surface area (Å²) < 4.78 is 49.9. The number of rotatable bonds is 15. The van der Waals surface area contributed by atoms with Gasteiger partial charge in [-0.2, -0.15) is 0 Å². The zero-order valence-electron chi connectivity index (χ0n) is 20.7. The molecule has 0 amide bonds. The first kappa shape index (κ1) is 27.5. The zero-order valence-corrected chi connectivity index (χ0v) is 22.5. The van der Waals surface area contributed by atoms with Crippen LogP contribution < -0.4 is 28.3 Å². The van der Waals surface area contributed by atoms with Crippen LogP contribution in [0.1, 0.15) is 12.8 Å². The van der Waals surface area contributed by atoms with E-state index in [0.717, 1.165) is 0 Å². The van der Waals surface area contributed by atoms with Gasteiger partial charge in [-0.15, -0.1) is 0 Å². The third-order valence-electron chi connectivity index (χ3n) is 5.09. The summed E-state index contributed by atoms with van der Waals surface area (Å²) in [5.74, 6) is 1.71. The number of para-hydroxylation sites is 4. The molecule has 4 aromatic carbocycles. The second kappa shape index (κ2) is 13.8. The van der Waals surface area contributed by atoms with Crippen molar-refractivity contribution < 1.29 is 27.2 Å². The van der Waals surface area contributed by atoms with E-state index in [0.29, 0.717) is 48.9 Å². The van der Waals surface area contributed by atoms with Gasteiger partial charge in [0.2, 0.25) is 0 Å². The molecule has 0 radical (unpaired) electrons. The highest BCUT2D eigenvalue weighted by molar-refractivity contribution is 7.52. The molecule has 4 aromatic rings. The molecule has 0 atom stereocenters. The van der Waals surface area contributed by atoms with Crippen molar-refractivity contribution in [2.75, 3.05) is 13.1 Å². The van der Waals surface area contributed by atoms with Crippen molar-refractivity contribution in [2.45, 2.75) is 12.8 Å². The molecule has 0 saturated carbocycles. The van der Waals surface area contributed by atoms with Crippen LogP contribution in [-0.4, -0.2) is 13.1 Å². The summed E-state index contributed by atoms with van der Waals surface area (Å²) in [5, 5.41) is 5.84. The van der Waals surface area contributed by atoms with Gasteiger partial charge in [-0.05, 0) is 61.4 Å². The van der Waals surface area contributed by atoms with E-state index in [2.05, 4.69) is 10.2 Å². The summed E-state index contributed by atoms with van der Waals surface area (Å²) in [6.07, 6.45) is 1.17. The van der Waals surface area contributed by atoms with Gasteiger partial charge in [0, 0.05) is 13.1 Å². The van der Waals surface area contributed by atoms with E-state index in [1.165, 1.54) is 0 Å². The third-order valence-corrected chi connectivity index (χ3v) is 8.12. The lowest BCUT2D eigenvalue weighted by Crippen LogP contribution is -2.22. The van der Waals surface area contributed by atoms with Gasteiger partial charge in [0.15, 0.2) is 0 Å². The average Bonchev–Trinajstić information content (AvgIpc) is 2.93. The van der Waals surface area contributed by atoms with Gasteiger partial charge >= 0.3 is 15.5 Å². The Morgan fingerprint density at radius 3 is 0.895 bits per heavy atom. The molecule has 8 nitrogen and oxygen atoms in total. The van der Waals surface area contributed by atoms with Crippen LogP contribution in [0.2, 0.25) is 0 Å². The maximum atomic E-state index is 13.5. The van der Waals surface area contributed by atoms with Gasteiger partial charge in [0.1, 0.15) is 23.0 Å². The summed E-state index contributed by atoms with van der Waals surface area (Å²) in [6.45, 7) is 0.671. The molecule has 4 rings (SSSR count). The molecule has 0 saturated heterocycles. The number of unbranched alkanes of at least 4 members (excludes halogenated alkanes) is 1. The Hall–Kier alpha value is -3.54. The van der Waals surface area contributed by atoms with Crippen LogP contribution in [0, 0.1) is 0 Å². The van der Waals surface area contributed by atoms with Crippen LogP contribution in [0.5, 0.6) is 23.0 Å². The Balaban J connectivity index is 1.32. The minimum absolute atomic E-state index is 0.335. The normalized spacial score (nSPS) is 11.5. The Morgan fingerprint density at radius 1 is 0.421 bits per heavy atom. The van der Waals surface area contributed by atoms with Gasteiger partial charge in [-0.25, -0.2) is 19.3 Å². The highest BCUT2D eigenvalue weighted by atomic mass is 31.2. The van der Waals surface area contributed by atoms with Crippen molar-refractivity contribution in [3.63, 3.8) is 0 Å². The molecule has 2 N–H and O–H groups in total. The largest absolute Gasteiger partial charge is 0.512 e.